The second-order valence-electron chi connectivity index (χ2n) is 4.21. The van der Waals surface area contributed by atoms with Gasteiger partial charge in [0.2, 0.25) is 5.89 Å². The molecule has 0 spiro atoms. The fourth-order valence-electron chi connectivity index (χ4n) is 1.95. The van der Waals surface area contributed by atoms with Crippen LogP contribution in [-0.2, 0) is 0 Å². The standard InChI is InChI=1S/C16H14N2O2/c1-2-19-14-11-7-6-10-13(14)16-18-17-15(20-16)12-8-4-3-5-9-12/h3-11H,2H2,1H3. The third-order valence-corrected chi connectivity index (χ3v) is 2.86. The lowest BCUT2D eigenvalue weighted by Crippen LogP contribution is -1.93. The Hall–Kier alpha value is -2.62. The first-order chi connectivity index (χ1) is 9.88. The van der Waals surface area contributed by atoms with E-state index in [4.69, 9.17) is 9.15 Å². The van der Waals surface area contributed by atoms with Gasteiger partial charge in [0.25, 0.3) is 5.89 Å². The maximum atomic E-state index is 5.74. The number of hydrogen-bond donors (Lipinski definition) is 0. The molecule has 1 aromatic heterocycles. The van der Waals surface area contributed by atoms with Crippen LogP contribution < -0.4 is 4.74 Å². The average Bonchev–Trinajstić information content (AvgIpc) is 2.99. The van der Waals surface area contributed by atoms with Crippen molar-refractivity contribution in [3.05, 3.63) is 54.6 Å². The van der Waals surface area contributed by atoms with Crippen molar-refractivity contribution in [1.82, 2.24) is 10.2 Å². The minimum Gasteiger partial charge on any atom is -0.493 e. The molecule has 3 aromatic rings. The number of rotatable bonds is 4. The third kappa shape index (κ3) is 2.40. The van der Waals surface area contributed by atoms with Gasteiger partial charge in [-0.1, -0.05) is 30.3 Å². The van der Waals surface area contributed by atoms with Gasteiger partial charge < -0.3 is 9.15 Å². The van der Waals surface area contributed by atoms with Crippen LogP contribution in [0.25, 0.3) is 22.9 Å². The topological polar surface area (TPSA) is 48.2 Å². The zero-order chi connectivity index (χ0) is 13.8. The van der Waals surface area contributed by atoms with Crippen LogP contribution >= 0.6 is 0 Å². The van der Waals surface area contributed by atoms with Crippen LogP contribution in [0.4, 0.5) is 0 Å². The van der Waals surface area contributed by atoms with E-state index in [1.165, 1.54) is 0 Å². The molecule has 20 heavy (non-hydrogen) atoms. The largest absolute Gasteiger partial charge is 0.493 e. The number of hydrogen-bond acceptors (Lipinski definition) is 4. The predicted octanol–water partition coefficient (Wildman–Crippen LogP) is 3.80. The quantitative estimate of drug-likeness (QED) is 0.720. The summed E-state index contributed by atoms with van der Waals surface area (Å²) in [6.45, 7) is 2.54. The van der Waals surface area contributed by atoms with Crippen LogP contribution in [0.15, 0.2) is 59.0 Å². The van der Waals surface area contributed by atoms with Crippen LogP contribution in [-0.4, -0.2) is 16.8 Å². The smallest absolute Gasteiger partial charge is 0.251 e. The second kappa shape index (κ2) is 5.57. The first kappa shape index (κ1) is 12.4. The van der Waals surface area contributed by atoms with Gasteiger partial charge in [-0.15, -0.1) is 10.2 Å². The Morgan fingerprint density at radius 2 is 1.60 bits per heavy atom. The van der Waals surface area contributed by atoms with Crippen molar-refractivity contribution in [2.24, 2.45) is 0 Å². The van der Waals surface area contributed by atoms with Crippen molar-refractivity contribution < 1.29 is 9.15 Å². The van der Waals surface area contributed by atoms with Gasteiger partial charge in [0.05, 0.1) is 12.2 Å². The highest BCUT2D eigenvalue weighted by Crippen LogP contribution is 2.30. The molecule has 4 heteroatoms. The molecule has 0 N–H and O–H groups in total. The Labute approximate surface area is 117 Å². The average molecular weight is 266 g/mol. The first-order valence-corrected chi connectivity index (χ1v) is 6.49. The molecule has 1 heterocycles. The molecule has 0 radical (unpaired) electrons. The Bertz CT molecular complexity index is 692. The van der Waals surface area contributed by atoms with Gasteiger partial charge in [0, 0.05) is 5.56 Å². The van der Waals surface area contributed by atoms with Gasteiger partial charge in [-0.2, -0.15) is 0 Å². The molecule has 2 aromatic carbocycles. The van der Waals surface area contributed by atoms with Gasteiger partial charge in [-0.05, 0) is 31.2 Å². The highest BCUT2D eigenvalue weighted by atomic mass is 16.5. The lowest BCUT2D eigenvalue weighted by Gasteiger charge is -2.06. The van der Waals surface area contributed by atoms with E-state index in [0.29, 0.717) is 18.4 Å². The molecule has 0 aliphatic rings. The SMILES string of the molecule is CCOc1ccccc1-c1nnc(-c2ccccc2)o1. The summed E-state index contributed by atoms with van der Waals surface area (Å²) in [6, 6.07) is 17.3. The van der Waals surface area contributed by atoms with Gasteiger partial charge in [0.15, 0.2) is 0 Å². The minimum absolute atomic E-state index is 0.466. The molecule has 100 valence electrons. The summed E-state index contributed by atoms with van der Waals surface area (Å²) in [4.78, 5) is 0. The Morgan fingerprint density at radius 1 is 0.900 bits per heavy atom. The molecule has 0 bridgehead atoms. The van der Waals surface area contributed by atoms with Crippen molar-refractivity contribution in [1.29, 1.82) is 0 Å². The van der Waals surface area contributed by atoms with Crippen molar-refractivity contribution in [3.8, 4) is 28.7 Å². The number of ether oxygens (including phenoxy) is 1. The summed E-state index contributed by atoms with van der Waals surface area (Å²) in [5.41, 5.74) is 1.71. The number of aromatic nitrogens is 2. The van der Waals surface area contributed by atoms with E-state index in [1.54, 1.807) is 0 Å². The summed E-state index contributed by atoms with van der Waals surface area (Å²) < 4.78 is 11.3. The van der Waals surface area contributed by atoms with Gasteiger partial charge in [-0.3, -0.25) is 0 Å². The number of para-hydroxylation sites is 1. The fourth-order valence-corrected chi connectivity index (χ4v) is 1.95. The summed E-state index contributed by atoms with van der Waals surface area (Å²) in [6.07, 6.45) is 0. The van der Waals surface area contributed by atoms with E-state index >= 15 is 0 Å². The van der Waals surface area contributed by atoms with Crippen LogP contribution in [0.3, 0.4) is 0 Å². The molecule has 0 amide bonds. The molecule has 0 aliphatic carbocycles. The van der Waals surface area contributed by atoms with E-state index < -0.39 is 0 Å². The monoisotopic (exact) mass is 266 g/mol. The molecular formula is C16H14N2O2. The molecule has 0 saturated carbocycles. The molecule has 0 fully saturated rings. The van der Waals surface area contributed by atoms with Crippen LogP contribution in [0.2, 0.25) is 0 Å². The van der Waals surface area contributed by atoms with Crippen LogP contribution in [0.1, 0.15) is 6.92 Å². The van der Waals surface area contributed by atoms with E-state index in [0.717, 1.165) is 16.9 Å². The van der Waals surface area contributed by atoms with E-state index in [1.807, 2.05) is 61.5 Å². The molecule has 0 aliphatic heterocycles. The van der Waals surface area contributed by atoms with Gasteiger partial charge >= 0.3 is 0 Å². The van der Waals surface area contributed by atoms with E-state index in [2.05, 4.69) is 10.2 Å². The lowest BCUT2D eigenvalue weighted by molar-refractivity contribution is 0.340. The van der Waals surface area contributed by atoms with Gasteiger partial charge in [-0.25, -0.2) is 0 Å². The molecule has 4 nitrogen and oxygen atoms in total. The molecule has 3 rings (SSSR count). The van der Waals surface area contributed by atoms with Crippen molar-refractivity contribution >= 4 is 0 Å². The number of benzene rings is 2. The molecular weight excluding hydrogens is 252 g/mol. The van der Waals surface area contributed by atoms with Gasteiger partial charge in [0.1, 0.15) is 5.75 Å². The summed E-state index contributed by atoms with van der Waals surface area (Å²) in [7, 11) is 0. The predicted molar refractivity (Wildman–Crippen MR) is 76.3 cm³/mol. The third-order valence-electron chi connectivity index (χ3n) is 2.86. The summed E-state index contributed by atoms with van der Waals surface area (Å²) in [5, 5.41) is 8.20. The Kier molecular flexibility index (Phi) is 3.46. The normalized spacial score (nSPS) is 10.4. The van der Waals surface area contributed by atoms with Crippen LogP contribution in [0.5, 0.6) is 5.75 Å². The van der Waals surface area contributed by atoms with Crippen LogP contribution in [0, 0.1) is 0 Å². The lowest BCUT2D eigenvalue weighted by atomic mass is 10.2. The highest BCUT2D eigenvalue weighted by Gasteiger charge is 2.13. The molecule has 0 unspecified atom stereocenters. The van der Waals surface area contributed by atoms with Crippen molar-refractivity contribution in [3.63, 3.8) is 0 Å². The fraction of sp³-hybridized carbons (Fsp3) is 0.125. The Balaban J connectivity index is 1.98. The van der Waals surface area contributed by atoms with E-state index in [9.17, 15) is 0 Å². The molecule has 0 atom stereocenters. The van der Waals surface area contributed by atoms with Crippen molar-refractivity contribution in [2.45, 2.75) is 6.92 Å². The zero-order valence-corrected chi connectivity index (χ0v) is 11.1. The summed E-state index contributed by atoms with van der Waals surface area (Å²) in [5.74, 6) is 1.72. The van der Waals surface area contributed by atoms with Crippen molar-refractivity contribution in [2.75, 3.05) is 6.61 Å². The summed E-state index contributed by atoms with van der Waals surface area (Å²) >= 11 is 0. The van der Waals surface area contributed by atoms with E-state index in [-0.39, 0.29) is 0 Å². The molecule has 0 saturated heterocycles. The zero-order valence-electron chi connectivity index (χ0n) is 11.1. The second-order valence-corrected chi connectivity index (χ2v) is 4.21. The highest BCUT2D eigenvalue weighted by molar-refractivity contribution is 5.64. The maximum Gasteiger partial charge on any atom is 0.251 e. The first-order valence-electron chi connectivity index (χ1n) is 6.49. The maximum absolute atomic E-state index is 5.74. The number of nitrogens with zero attached hydrogens (tertiary/aromatic N) is 2. The Morgan fingerprint density at radius 3 is 2.40 bits per heavy atom. The minimum atomic E-state index is 0.466.